The molecule has 33 heavy (non-hydrogen) atoms. The maximum Gasteiger partial charge on any atom is 0.524 e. The normalized spacial score (nSPS) is 12.4. The average molecular weight is 427 g/mol. The molecule has 6 rings (SSSR count). The molecule has 1 aliphatic rings. The Labute approximate surface area is 191 Å². The summed E-state index contributed by atoms with van der Waals surface area (Å²) >= 11 is 0. The van der Waals surface area contributed by atoms with Crippen LogP contribution in [0.2, 0.25) is 0 Å². The van der Waals surface area contributed by atoms with Crippen molar-refractivity contribution in [2.45, 2.75) is 0 Å². The van der Waals surface area contributed by atoms with E-state index in [2.05, 4.69) is 55.1 Å². The minimum absolute atomic E-state index is 0.335. The van der Waals surface area contributed by atoms with Crippen LogP contribution in [0.15, 0.2) is 110 Å². The Balaban J connectivity index is 1.45. The first-order valence-corrected chi connectivity index (χ1v) is 10.7. The van der Waals surface area contributed by atoms with Gasteiger partial charge in [-0.3, -0.25) is 0 Å². The zero-order chi connectivity index (χ0) is 22.0. The smallest absolute Gasteiger partial charge is 0.524 e. The molecule has 0 radical (unpaired) electrons. The molecule has 0 amide bonds. The second kappa shape index (κ2) is 8.20. The second-order valence-corrected chi connectivity index (χ2v) is 7.63. The van der Waals surface area contributed by atoms with Crippen molar-refractivity contribution in [3.05, 3.63) is 110 Å². The predicted octanol–water partition coefficient (Wildman–Crippen LogP) is 4.53. The number of para-hydroxylation sites is 2. The first-order chi connectivity index (χ1) is 16.4. The summed E-state index contributed by atoms with van der Waals surface area (Å²) < 4.78 is 6.45. The van der Waals surface area contributed by atoms with E-state index >= 15 is 0 Å². The zero-order valence-electron chi connectivity index (χ0n) is 17.6. The Morgan fingerprint density at radius 2 is 1.24 bits per heavy atom. The summed E-state index contributed by atoms with van der Waals surface area (Å²) in [5.41, 5.74) is 4.91. The van der Waals surface area contributed by atoms with Crippen molar-refractivity contribution >= 4 is 23.9 Å². The van der Waals surface area contributed by atoms with Crippen molar-refractivity contribution in [1.29, 1.82) is 0 Å². The molecular weight excluding hydrogens is 409 g/mol. The summed E-state index contributed by atoms with van der Waals surface area (Å²) in [4.78, 5) is 19.8. The molecule has 0 fully saturated rings. The molecule has 0 unspecified atom stereocenters. The van der Waals surface area contributed by atoms with Gasteiger partial charge >= 0.3 is 7.05 Å². The second-order valence-electron chi connectivity index (χ2n) is 7.63. The first-order valence-electron chi connectivity index (χ1n) is 10.7. The van der Waals surface area contributed by atoms with Crippen LogP contribution < -0.4 is 14.9 Å². The van der Waals surface area contributed by atoms with Crippen molar-refractivity contribution in [3.8, 4) is 28.5 Å². The lowest BCUT2D eigenvalue weighted by atomic mass is 9.71. The summed E-state index contributed by atoms with van der Waals surface area (Å²) in [5, 5.41) is 0. The predicted molar refractivity (Wildman–Crippen MR) is 130 cm³/mol. The molecule has 7 heteroatoms. The highest BCUT2D eigenvalue weighted by atomic mass is 16.5. The lowest BCUT2D eigenvalue weighted by Crippen LogP contribution is -2.47. The molecule has 156 valence electrons. The lowest BCUT2D eigenvalue weighted by molar-refractivity contribution is 0.603. The molecule has 2 aromatic heterocycles. The van der Waals surface area contributed by atoms with Crippen molar-refractivity contribution in [2.75, 3.05) is 4.81 Å². The lowest BCUT2D eigenvalue weighted by Gasteiger charge is -2.23. The van der Waals surface area contributed by atoms with E-state index in [4.69, 9.17) is 4.65 Å². The third-order valence-electron chi connectivity index (χ3n) is 5.54. The molecule has 0 bridgehead atoms. The highest BCUT2D eigenvalue weighted by Gasteiger charge is 2.39. The molecule has 3 heterocycles. The number of anilines is 2. The van der Waals surface area contributed by atoms with Gasteiger partial charge in [-0.1, -0.05) is 48.5 Å². The van der Waals surface area contributed by atoms with Crippen molar-refractivity contribution < 1.29 is 4.65 Å². The zero-order valence-corrected chi connectivity index (χ0v) is 17.6. The molecule has 5 aromatic rings. The van der Waals surface area contributed by atoms with E-state index < -0.39 is 0 Å². The minimum Gasteiger partial charge on any atom is -0.536 e. The van der Waals surface area contributed by atoms with Gasteiger partial charge in [0.15, 0.2) is 11.6 Å². The highest BCUT2D eigenvalue weighted by Crippen LogP contribution is 2.41. The van der Waals surface area contributed by atoms with Gasteiger partial charge in [0.05, 0.1) is 5.69 Å². The van der Waals surface area contributed by atoms with Crippen LogP contribution in [0, 0.1) is 0 Å². The molecule has 0 saturated heterocycles. The summed E-state index contributed by atoms with van der Waals surface area (Å²) in [6, 6.07) is 28.1. The van der Waals surface area contributed by atoms with Crippen LogP contribution in [-0.2, 0) is 0 Å². The van der Waals surface area contributed by atoms with E-state index in [1.807, 2.05) is 54.6 Å². The summed E-state index contributed by atoms with van der Waals surface area (Å²) in [7, 11) is -0.335. The van der Waals surface area contributed by atoms with E-state index in [1.54, 1.807) is 24.8 Å². The van der Waals surface area contributed by atoms with Crippen LogP contribution >= 0.6 is 0 Å². The van der Waals surface area contributed by atoms with Crippen LogP contribution in [0.25, 0.3) is 22.8 Å². The molecular formula is C26H18BN5O. The molecule has 1 aliphatic heterocycles. The van der Waals surface area contributed by atoms with Crippen LogP contribution in [0.1, 0.15) is 0 Å². The van der Waals surface area contributed by atoms with Gasteiger partial charge in [-0.2, -0.15) is 0 Å². The van der Waals surface area contributed by atoms with E-state index in [0.717, 1.165) is 33.7 Å². The van der Waals surface area contributed by atoms with Gasteiger partial charge in [0.25, 0.3) is 0 Å². The number of fused-ring (bicyclic) bond motifs is 1. The standard InChI is InChI=1S/C26H18BN5O/c1-2-12-24-23(11-1)32(22-10-4-8-20(18-22)26-30-15-6-16-31-26)27(33-24)21-9-3-7-19(17-21)25-28-13-5-14-29-25/h1-18H. The Bertz CT molecular complexity index is 1410. The Morgan fingerprint density at radius 1 is 0.606 bits per heavy atom. The van der Waals surface area contributed by atoms with E-state index in [-0.39, 0.29) is 7.05 Å². The van der Waals surface area contributed by atoms with Crippen LogP contribution in [-0.4, -0.2) is 27.0 Å². The number of aromatic nitrogens is 4. The first kappa shape index (κ1) is 19.2. The van der Waals surface area contributed by atoms with Gasteiger partial charge in [-0.15, -0.1) is 0 Å². The van der Waals surface area contributed by atoms with E-state index in [9.17, 15) is 0 Å². The molecule has 3 aromatic carbocycles. The Kier molecular flexibility index (Phi) is 4.77. The van der Waals surface area contributed by atoms with E-state index in [1.165, 1.54) is 0 Å². The van der Waals surface area contributed by atoms with Crippen molar-refractivity contribution in [1.82, 2.24) is 19.9 Å². The van der Waals surface area contributed by atoms with Gasteiger partial charge in [-0.05, 0) is 41.9 Å². The largest absolute Gasteiger partial charge is 0.536 e. The number of hydrogen-bond acceptors (Lipinski definition) is 6. The maximum absolute atomic E-state index is 6.45. The maximum atomic E-state index is 6.45. The van der Waals surface area contributed by atoms with Crippen LogP contribution in [0.3, 0.4) is 0 Å². The quantitative estimate of drug-likeness (QED) is 0.393. The molecule has 0 saturated carbocycles. The summed E-state index contributed by atoms with van der Waals surface area (Å²) in [6.07, 6.45) is 7.01. The van der Waals surface area contributed by atoms with Gasteiger partial charge in [0.1, 0.15) is 5.75 Å². The topological polar surface area (TPSA) is 64.0 Å². The Hall–Kier alpha value is -4.52. The van der Waals surface area contributed by atoms with Crippen molar-refractivity contribution in [2.24, 2.45) is 0 Å². The molecule has 0 aliphatic carbocycles. The molecule has 6 nitrogen and oxygen atoms in total. The SMILES string of the molecule is c1cnc(-c2cccc(B3Oc4ccccc4N3c3cccc(-c4ncccn4)c3)c2)nc1. The fourth-order valence-electron chi connectivity index (χ4n) is 4.07. The van der Waals surface area contributed by atoms with Crippen LogP contribution in [0.4, 0.5) is 11.4 Å². The van der Waals surface area contributed by atoms with Gasteiger partial charge in [-0.25, -0.2) is 19.9 Å². The number of rotatable bonds is 4. The highest BCUT2D eigenvalue weighted by molar-refractivity contribution is 6.74. The number of benzene rings is 3. The van der Waals surface area contributed by atoms with Gasteiger partial charge in [0, 0.05) is 41.6 Å². The third-order valence-corrected chi connectivity index (χ3v) is 5.54. The van der Waals surface area contributed by atoms with Crippen LogP contribution in [0.5, 0.6) is 5.75 Å². The summed E-state index contributed by atoms with van der Waals surface area (Å²) in [5.74, 6) is 2.21. The van der Waals surface area contributed by atoms with Gasteiger partial charge < -0.3 is 9.47 Å². The molecule has 0 N–H and O–H groups in total. The average Bonchev–Trinajstić information content (AvgIpc) is 3.30. The number of nitrogens with zero attached hydrogens (tertiary/aromatic N) is 5. The summed E-state index contributed by atoms with van der Waals surface area (Å²) in [6.45, 7) is 0. The third kappa shape index (κ3) is 3.59. The fraction of sp³-hybridized carbons (Fsp3) is 0. The van der Waals surface area contributed by atoms with E-state index in [0.29, 0.717) is 11.6 Å². The monoisotopic (exact) mass is 427 g/mol. The fourth-order valence-corrected chi connectivity index (χ4v) is 4.07. The number of hydrogen-bond donors (Lipinski definition) is 0. The van der Waals surface area contributed by atoms with Crippen molar-refractivity contribution in [3.63, 3.8) is 0 Å². The molecule has 0 spiro atoms. The molecule has 0 atom stereocenters. The van der Waals surface area contributed by atoms with Gasteiger partial charge in [0.2, 0.25) is 0 Å². The minimum atomic E-state index is -0.335. The Morgan fingerprint density at radius 3 is 1.97 bits per heavy atom.